The van der Waals surface area contributed by atoms with Crippen molar-refractivity contribution < 1.29 is 13.5 Å². The summed E-state index contributed by atoms with van der Waals surface area (Å²) in [6, 6.07) is 0. The highest BCUT2D eigenvalue weighted by Crippen LogP contribution is 2.17. The lowest BCUT2D eigenvalue weighted by Crippen LogP contribution is -2.31. The molecule has 1 aliphatic rings. The molecule has 1 unspecified atom stereocenters. The Morgan fingerprint density at radius 3 is 2.89 bits per heavy atom. The van der Waals surface area contributed by atoms with Gasteiger partial charge in [-0.05, 0) is 32.9 Å². The van der Waals surface area contributed by atoms with E-state index < -0.39 is 10.0 Å². The Morgan fingerprint density at radius 2 is 2.32 bits per heavy atom. The minimum Gasteiger partial charge on any atom is -0.392 e. The van der Waals surface area contributed by atoms with Gasteiger partial charge in [0.1, 0.15) is 0 Å². The summed E-state index contributed by atoms with van der Waals surface area (Å²) in [7, 11) is -1.63. The molecule has 1 fully saturated rings. The first-order chi connectivity index (χ1) is 8.94. The molecule has 0 radical (unpaired) electrons. The average molecular weight is 288 g/mol. The summed E-state index contributed by atoms with van der Waals surface area (Å²) in [5.74, 6) is 0.331. The number of hydrogen-bond acceptors (Lipinski definition) is 5. The SMILES string of the molecule is Cc1[nH]nc(S(=O)(=O)NCC2CCN(C)C2)c1CO. The largest absolute Gasteiger partial charge is 0.392 e. The van der Waals surface area contributed by atoms with Crippen LogP contribution in [0.5, 0.6) is 0 Å². The molecular formula is C11H20N4O3S. The molecule has 2 heterocycles. The van der Waals surface area contributed by atoms with Gasteiger partial charge in [0.05, 0.1) is 6.61 Å². The van der Waals surface area contributed by atoms with Crippen LogP contribution in [0.4, 0.5) is 0 Å². The van der Waals surface area contributed by atoms with E-state index in [1.807, 2.05) is 7.05 Å². The number of nitrogens with one attached hydrogen (secondary N) is 2. The first-order valence-corrected chi connectivity index (χ1v) is 7.75. The van der Waals surface area contributed by atoms with Crippen molar-refractivity contribution in [2.24, 2.45) is 5.92 Å². The monoisotopic (exact) mass is 288 g/mol. The summed E-state index contributed by atoms with van der Waals surface area (Å²) in [6.45, 7) is 3.64. The summed E-state index contributed by atoms with van der Waals surface area (Å²) < 4.78 is 26.9. The fraction of sp³-hybridized carbons (Fsp3) is 0.727. The fourth-order valence-electron chi connectivity index (χ4n) is 2.33. The van der Waals surface area contributed by atoms with E-state index in [0.29, 0.717) is 23.7 Å². The van der Waals surface area contributed by atoms with Gasteiger partial charge in [0.25, 0.3) is 10.0 Å². The number of aryl methyl sites for hydroxylation is 1. The summed E-state index contributed by atoms with van der Waals surface area (Å²) in [5, 5.41) is 15.5. The summed E-state index contributed by atoms with van der Waals surface area (Å²) in [6.07, 6.45) is 0.992. The first kappa shape index (κ1) is 14.4. The lowest BCUT2D eigenvalue weighted by molar-refractivity contribution is 0.277. The van der Waals surface area contributed by atoms with Crippen LogP contribution in [0.15, 0.2) is 5.03 Å². The Morgan fingerprint density at radius 1 is 1.58 bits per heavy atom. The van der Waals surface area contributed by atoms with E-state index >= 15 is 0 Å². The zero-order valence-electron chi connectivity index (χ0n) is 11.2. The molecule has 0 amide bonds. The van der Waals surface area contributed by atoms with Crippen molar-refractivity contribution in [2.75, 3.05) is 26.7 Å². The van der Waals surface area contributed by atoms with Gasteiger partial charge in [0.15, 0.2) is 5.03 Å². The second-order valence-corrected chi connectivity index (χ2v) is 6.74. The number of aromatic nitrogens is 2. The minimum absolute atomic E-state index is 0.0983. The Balaban J connectivity index is 2.06. The lowest BCUT2D eigenvalue weighted by Gasteiger charge is -2.11. The fourth-order valence-corrected chi connectivity index (χ4v) is 3.63. The summed E-state index contributed by atoms with van der Waals surface area (Å²) in [5.41, 5.74) is 0.902. The Bertz CT molecular complexity index is 540. The molecule has 19 heavy (non-hydrogen) atoms. The smallest absolute Gasteiger partial charge is 0.260 e. The van der Waals surface area contributed by atoms with Crippen LogP contribution in [0.1, 0.15) is 17.7 Å². The van der Waals surface area contributed by atoms with Gasteiger partial charge in [-0.2, -0.15) is 5.10 Å². The van der Waals surface area contributed by atoms with Crippen LogP contribution in [0.25, 0.3) is 0 Å². The molecule has 108 valence electrons. The van der Waals surface area contributed by atoms with E-state index in [2.05, 4.69) is 19.8 Å². The topological polar surface area (TPSA) is 98.3 Å². The van der Waals surface area contributed by atoms with Crippen LogP contribution in [0, 0.1) is 12.8 Å². The quantitative estimate of drug-likeness (QED) is 0.674. The zero-order chi connectivity index (χ0) is 14.0. The number of H-pyrrole nitrogens is 1. The van der Waals surface area contributed by atoms with Gasteiger partial charge in [0, 0.05) is 24.3 Å². The molecule has 0 bridgehead atoms. The molecule has 1 aromatic heterocycles. The first-order valence-electron chi connectivity index (χ1n) is 6.27. The van der Waals surface area contributed by atoms with Crippen molar-refractivity contribution in [3.05, 3.63) is 11.3 Å². The maximum absolute atomic E-state index is 12.1. The number of likely N-dealkylation sites (tertiary alicyclic amines) is 1. The van der Waals surface area contributed by atoms with Gasteiger partial charge >= 0.3 is 0 Å². The van der Waals surface area contributed by atoms with Crippen LogP contribution in [-0.4, -0.2) is 55.3 Å². The normalized spacial score (nSPS) is 21.1. The van der Waals surface area contributed by atoms with E-state index in [0.717, 1.165) is 19.5 Å². The Hall–Kier alpha value is -0.960. The standard InChI is InChI=1S/C11H20N4O3S/c1-8-10(7-16)11(14-13-8)19(17,18)12-5-9-3-4-15(2)6-9/h9,12,16H,3-7H2,1-2H3,(H,13,14). The van der Waals surface area contributed by atoms with Crippen molar-refractivity contribution in [3.63, 3.8) is 0 Å². The van der Waals surface area contributed by atoms with Crippen molar-refractivity contribution in [1.29, 1.82) is 0 Å². The van der Waals surface area contributed by atoms with Crippen molar-refractivity contribution in [3.8, 4) is 0 Å². The number of rotatable bonds is 5. The molecule has 1 atom stereocenters. The molecule has 2 rings (SSSR count). The third kappa shape index (κ3) is 3.14. The van der Waals surface area contributed by atoms with Crippen LogP contribution in [0.3, 0.4) is 0 Å². The second-order valence-electron chi connectivity index (χ2n) is 5.06. The molecule has 0 aliphatic carbocycles. The third-order valence-corrected chi connectivity index (χ3v) is 4.89. The number of hydrogen-bond donors (Lipinski definition) is 3. The van der Waals surface area contributed by atoms with Crippen LogP contribution in [0.2, 0.25) is 0 Å². The number of nitrogens with zero attached hydrogens (tertiary/aromatic N) is 2. The molecule has 1 saturated heterocycles. The van der Waals surface area contributed by atoms with Gasteiger partial charge in [-0.1, -0.05) is 0 Å². The predicted octanol–water partition coefficient (Wildman–Crippen LogP) is -0.560. The number of aliphatic hydroxyl groups excluding tert-OH is 1. The number of aromatic amines is 1. The molecule has 0 aromatic carbocycles. The van der Waals surface area contributed by atoms with Gasteiger partial charge < -0.3 is 10.0 Å². The molecule has 1 aromatic rings. The Labute approximate surface area is 113 Å². The van der Waals surface area contributed by atoms with Gasteiger partial charge in [0.2, 0.25) is 0 Å². The van der Waals surface area contributed by atoms with E-state index in [1.165, 1.54) is 0 Å². The van der Waals surface area contributed by atoms with Gasteiger partial charge in [-0.25, -0.2) is 13.1 Å². The van der Waals surface area contributed by atoms with Gasteiger partial charge in [-0.15, -0.1) is 0 Å². The summed E-state index contributed by atoms with van der Waals surface area (Å²) in [4.78, 5) is 2.18. The third-order valence-electron chi connectivity index (χ3n) is 3.50. The van der Waals surface area contributed by atoms with E-state index in [9.17, 15) is 13.5 Å². The van der Waals surface area contributed by atoms with Crippen molar-refractivity contribution >= 4 is 10.0 Å². The van der Waals surface area contributed by atoms with Crippen LogP contribution in [-0.2, 0) is 16.6 Å². The highest BCUT2D eigenvalue weighted by molar-refractivity contribution is 7.89. The zero-order valence-corrected chi connectivity index (χ0v) is 12.0. The maximum atomic E-state index is 12.1. The predicted molar refractivity (Wildman–Crippen MR) is 70.0 cm³/mol. The second kappa shape index (κ2) is 5.58. The van der Waals surface area contributed by atoms with E-state index in [4.69, 9.17) is 0 Å². The molecule has 1 aliphatic heterocycles. The highest BCUT2D eigenvalue weighted by Gasteiger charge is 2.26. The molecule has 0 saturated carbocycles. The highest BCUT2D eigenvalue weighted by atomic mass is 32.2. The number of aliphatic hydroxyl groups is 1. The number of sulfonamides is 1. The molecule has 0 spiro atoms. The molecule has 7 nitrogen and oxygen atoms in total. The lowest BCUT2D eigenvalue weighted by atomic mass is 10.1. The summed E-state index contributed by atoms with van der Waals surface area (Å²) >= 11 is 0. The Kier molecular flexibility index (Phi) is 4.24. The van der Waals surface area contributed by atoms with Gasteiger partial charge in [-0.3, -0.25) is 5.10 Å². The maximum Gasteiger partial charge on any atom is 0.260 e. The van der Waals surface area contributed by atoms with Crippen molar-refractivity contribution in [1.82, 2.24) is 19.8 Å². The molecular weight excluding hydrogens is 268 g/mol. The van der Waals surface area contributed by atoms with E-state index in [-0.39, 0.29) is 11.6 Å². The van der Waals surface area contributed by atoms with Crippen molar-refractivity contribution in [2.45, 2.75) is 25.0 Å². The van der Waals surface area contributed by atoms with Crippen LogP contribution >= 0.6 is 0 Å². The van der Waals surface area contributed by atoms with E-state index in [1.54, 1.807) is 6.92 Å². The molecule has 3 N–H and O–H groups in total. The average Bonchev–Trinajstić information content (AvgIpc) is 2.93. The molecule has 8 heteroatoms. The minimum atomic E-state index is -3.66. The van der Waals surface area contributed by atoms with Crippen LogP contribution < -0.4 is 4.72 Å².